The number of rotatable bonds is 4. The number of nitrogens with zero attached hydrogens (tertiary/aromatic N) is 2. The van der Waals surface area contributed by atoms with Crippen LogP contribution in [-0.2, 0) is 11.3 Å². The van der Waals surface area contributed by atoms with Crippen LogP contribution in [0.5, 0.6) is 0 Å². The van der Waals surface area contributed by atoms with Crippen LogP contribution in [0.4, 0.5) is 4.39 Å². The summed E-state index contributed by atoms with van der Waals surface area (Å²) in [6, 6.07) is 8.22. The molecule has 0 radical (unpaired) electrons. The van der Waals surface area contributed by atoms with Crippen molar-refractivity contribution < 1.29 is 9.13 Å². The zero-order valence-electron chi connectivity index (χ0n) is 13.0. The van der Waals surface area contributed by atoms with Crippen molar-refractivity contribution in [2.75, 3.05) is 6.61 Å². The summed E-state index contributed by atoms with van der Waals surface area (Å²) in [6.07, 6.45) is 1.91. The van der Waals surface area contributed by atoms with Gasteiger partial charge in [-0.1, -0.05) is 0 Å². The van der Waals surface area contributed by atoms with Crippen molar-refractivity contribution >= 4 is 43.1 Å². The van der Waals surface area contributed by atoms with Crippen LogP contribution in [-0.4, -0.2) is 16.6 Å². The van der Waals surface area contributed by atoms with Gasteiger partial charge >= 0.3 is 0 Å². The van der Waals surface area contributed by atoms with Gasteiger partial charge in [-0.3, -0.25) is 4.79 Å². The molecular weight excluding hydrogens is 341 g/mol. The lowest BCUT2D eigenvalue weighted by Crippen LogP contribution is -2.05. The Morgan fingerprint density at radius 1 is 1.28 bits per heavy atom. The predicted molar refractivity (Wildman–Crippen MR) is 95.1 cm³/mol. The molecule has 25 heavy (non-hydrogen) atoms. The van der Waals surface area contributed by atoms with Gasteiger partial charge in [0.1, 0.15) is 10.8 Å². The lowest BCUT2D eigenvalue weighted by Gasteiger charge is -2.05. The molecule has 0 bridgehead atoms. The van der Waals surface area contributed by atoms with Crippen LogP contribution in [0.2, 0.25) is 0 Å². The average molecular weight is 353 g/mol. The van der Waals surface area contributed by atoms with Gasteiger partial charge in [0.05, 0.1) is 41.3 Å². The maximum atomic E-state index is 13.8. The van der Waals surface area contributed by atoms with Crippen LogP contribution in [0.3, 0.4) is 0 Å². The van der Waals surface area contributed by atoms with Crippen LogP contribution in [0.25, 0.3) is 31.8 Å². The molecule has 0 atom stereocenters. The Kier molecular flexibility index (Phi) is 3.92. The van der Waals surface area contributed by atoms with E-state index in [-0.39, 0.29) is 5.56 Å². The fraction of sp³-hybridized carbons (Fsp3) is 0.167. The zero-order valence-corrected chi connectivity index (χ0v) is 13.8. The molecule has 0 unspecified atom stereocenters. The lowest BCUT2D eigenvalue weighted by atomic mass is 10.0. The number of thiazole rings is 1. The van der Waals surface area contributed by atoms with Gasteiger partial charge in [-0.05, 0) is 24.3 Å². The summed E-state index contributed by atoms with van der Waals surface area (Å²) in [6.45, 7) is 0.646. The van der Waals surface area contributed by atoms with Crippen LogP contribution < -0.4 is 5.56 Å². The fourth-order valence-corrected chi connectivity index (χ4v) is 3.98. The zero-order chi connectivity index (χ0) is 17.4. The summed E-state index contributed by atoms with van der Waals surface area (Å²) in [5.74, 6) is -0.397. The maximum absolute atomic E-state index is 13.8. The first-order chi connectivity index (χ1) is 12.2. The number of ether oxygens (including phenoxy) is 1. The van der Waals surface area contributed by atoms with Gasteiger partial charge in [-0.15, -0.1) is 11.3 Å². The van der Waals surface area contributed by atoms with E-state index in [9.17, 15) is 9.18 Å². The molecule has 2 aromatic heterocycles. The van der Waals surface area contributed by atoms with Crippen LogP contribution in [0, 0.1) is 17.1 Å². The van der Waals surface area contributed by atoms with Crippen LogP contribution in [0.15, 0.2) is 35.3 Å². The molecule has 2 heterocycles. The van der Waals surface area contributed by atoms with Gasteiger partial charge in [0, 0.05) is 22.4 Å². The van der Waals surface area contributed by atoms with E-state index >= 15 is 0 Å². The van der Waals surface area contributed by atoms with Gasteiger partial charge in [0.2, 0.25) is 0 Å². The Hall–Kier alpha value is -2.82. The van der Waals surface area contributed by atoms with Gasteiger partial charge in [-0.25, -0.2) is 9.37 Å². The summed E-state index contributed by atoms with van der Waals surface area (Å²) in [7, 11) is 0. The molecule has 0 aliphatic rings. The molecule has 124 valence electrons. The molecule has 7 heteroatoms. The van der Waals surface area contributed by atoms with Crippen molar-refractivity contribution in [3.63, 3.8) is 0 Å². The molecule has 2 aromatic carbocycles. The van der Waals surface area contributed by atoms with Crippen molar-refractivity contribution in [1.82, 2.24) is 9.97 Å². The maximum Gasteiger partial charge on any atom is 0.256 e. The van der Waals surface area contributed by atoms with E-state index in [0.717, 1.165) is 26.0 Å². The Labute approximate surface area is 145 Å². The third-order valence-electron chi connectivity index (χ3n) is 3.97. The largest absolute Gasteiger partial charge is 0.373 e. The highest BCUT2D eigenvalue weighted by atomic mass is 32.1. The van der Waals surface area contributed by atoms with Gasteiger partial charge in [-0.2, -0.15) is 5.26 Å². The Morgan fingerprint density at radius 3 is 3.00 bits per heavy atom. The van der Waals surface area contributed by atoms with Crippen molar-refractivity contribution in [2.24, 2.45) is 0 Å². The van der Waals surface area contributed by atoms with Crippen molar-refractivity contribution in [1.29, 1.82) is 5.26 Å². The standard InChI is InChI=1S/C18H12FN3O2S/c19-10-2-3-11-13(8-10)15-12(4-6-21-18(15)23)17-16(11)22-14(25-17)9-24-7-1-5-20/h2-4,6,8H,1,7,9H2,(H,21,23). The SMILES string of the molecule is N#CCCOCc1nc2c3ccc(F)cc3c3c(=O)[nH]ccc3c2s1. The average Bonchev–Trinajstić information content (AvgIpc) is 3.03. The molecule has 4 aromatic rings. The smallest absolute Gasteiger partial charge is 0.256 e. The minimum atomic E-state index is -0.397. The molecule has 4 rings (SSSR count). The first-order valence-corrected chi connectivity index (χ1v) is 8.47. The summed E-state index contributed by atoms with van der Waals surface area (Å²) < 4.78 is 20.1. The quantitative estimate of drug-likeness (QED) is 0.446. The topological polar surface area (TPSA) is 78.8 Å². The number of aromatic amines is 1. The number of halogens is 1. The van der Waals surface area contributed by atoms with E-state index in [1.807, 2.05) is 12.1 Å². The van der Waals surface area contributed by atoms with Gasteiger partial charge in [0.15, 0.2) is 0 Å². The van der Waals surface area contributed by atoms with Crippen molar-refractivity contribution in [3.8, 4) is 6.07 Å². The van der Waals surface area contributed by atoms with Gasteiger partial charge in [0.25, 0.3) is 5.56 Å². The summed E-state index contributed by atoms with van der Waals surface area (Å²) in [4.78, 5) is 19.6. The van der Waals surface area contributed by atoms with E-state index in [1.54, 1.807) is 12.3 Å². The van der Waals surface area contributed by atoms with E-state index in [1.165, 1.54) is 23.5 Å². The molecule has 0 fully saturated rings. The van der Waals surface area contributed by atoms with E-state index < -0.39 is 5.82 Å². The Bertz CT molecular complexity index is 1210. The summed E-state index contributed by atoms with van der Waals surface area (Å²) >= 11 is 1.45. The van der Waals surface area contributed by atoms with Crippen LogP contribution in [0.1, 0.15) is 11.4 Å². The van der Waals surface area contributed by atoms with E-state index in [2.05, 4.69) is 9.97 Å². The van der Waals surface area contributed by atoms with E-state index in [4.69, 9.17) is 10.00 Å². The van der Waals surface area contributed by atoms with Crippen molar-refractivity contribution in [2.45, 2.75) is 13.0 Å². The Balaban J connectivity index is 1.99. The summed E-state index contributed by atoms with van der Waals surface area (Å²) in [5, 5.41) is 11.8. The highest BCUT2D eigenvalue weighted by molar-refractivity contribution is 7.19. The first-order valence-electron chi connectivity index (χ1n) is 7.66. The minimum Gasteiger partial charge on any atom is -0.373 e. The van der Waals surface area contributed by atoms with E-state index in [0.29, 0.717) is 30.4 Å². The van der Waals surface area contributed by atoms with Crippen LogP contribution >= 0.6 is 11.3 Å². The molecule has 0 saturated carbocycles. The number of pyridine rings is 1. The first kappa shape index (κ1) is 15.7. The third kappa shape index (κ3) is 2.65. The highest BCUT2D eigenvalue weighted by Gasteiger charge is 2.16. The molecule has 0 spiro atoms. The summed E-state index contributed by atoms with van der Waals surface area (Å²) in [5.41, 5.74) is 0.479. The minimum absolute atomic E-state index is 0.254. The second kappa shape index (κ2) is 6.24. The van der Waals surface area contributed by atoms with Gasteiger partial charge < -0.3 is 9.72 Å². The highest BCUT2D eigenvalue weighted by Crippen LogP contribution is 2.36. The predicted octanol–water partition coefficient (Wildman–Crippen LogP) is 3.86. The fourth-order valence-electron chi connectivity index (χ4n) is 2.93. The molecule has 5 nitrogen and oxygen atoms in total. The molecule has 0 aliphatic heterocycles. The number of benzene rings is 2. The third-order valence-corrected chi connectivity index (χ3v) is 5.03. The number of nitriles is 1. The number of fused-ring (bicyclic) bond motifs is 6. The number of aromatic nitrogens is 2. The number of H-pyrrole nitrogens is 1. The number of hydrogen-bond acceptors (Lipinski definition) is 5. The molecule has 0 saturated heterocycles. The number of nitrogens with one attached hydrogen (secondary N) is 1. The molecule has 0 amide bonds. The second-order valence-corrected chi connectivity index (χ2v) is 6.62. The Morgan fingerprint density at radius 2 is 2.16 bits per heavy atom. The molecule has 0 aliphatic carbocycles. The normalized spacial score (nSPS) is 11.4. The molecular formula is C18H12FN3O2S. The molecule has 1 N–H and O–H groups in total. The second-order valence-electron chi connectivity index (χ2n) is 5.53. The number of hydrogen-bond donors (Lipinski definition) is 1. The van der Waals surface area contributed by atoms with Crippen molar-refractivity contribution in [3.05, 3.63) is 51.6 Å². The monoisotopic (exact) mass is 353 g/mol. The lowest BCUT2D eigenvalue weighted by molar-refractivity contribution is 0.126.